The van der Waals surface area contributed by atoms with E-state index in [1.807, 2.05) is 60.7 Å². The molecule has 2 aromatic rings. The molecular weight excluding hydrogens is 322 g/mol. The van der Waals surface area contributed by atoms with Gasteiger partial charge in [0.25, 0.3) is 0 Å². The normalized spacial score (nSPS) is 16.9. The third-order valence-electron chi connectivity index (χ3n) is 3.48. The van der Waals surface area contributed by atoms with Crippen LogP contribution in [0.2, 0.25) is 0 Å². The molecule has 0 aromatic heterocycles. The molecule has 1 heterocycles. The number of carbonyl (C=O) groups is 2. The van der Waals surface area contributed by atoms with Crippen LogP contribution >= 0.6 is 11.8 Å². The molecule has 1 aliphatic heterocycles. The zero-order valence-corrected chi connectivity index (χ0v) is 13.8. The molecule has 2 aromatic carbocycles. The van der Waals surface area contributed by atoms with Gasteiger partial charge in [0, 0.05) is 5.69 Å². The first-order chi connectivity index (χ1) is 11.7. The van der Waals surface area contributed by atoms with Gasteiger partial charge in [-0.2, -0.15) is 0 Å². The van der Waals surface area contributed by atoms with E-state index in [0.717, 1.165) is 11.3 Å². The highest BCUT2D eigenvalue weighted by atomic mass is 32.2. The summed E-state index contributed by atoms with van der Waals surface area (Å²) in [4.78, 5) is 28.4. The van der Waals surface area contributed by atoms with Crippen LogP contribution in [0.3, 0.4) is 0 Å². The summed E-state index contributed by atoms with van der Waals surface area (Å²) in [7, 11) is 0. The summed E-state index contributed by atoms with van der Waals surface area (Å²) in [5.41, 5.74) is 1.75. The van der Waals surface area contributed by atoms with E-state index in [1.54, 1.807) is 0 Å². The third kappa shape index (κ3) is 4.45. The lowest BCUT2D eigenvalue weighted by Crippen LogP contribution is -2.35. The Bertz CT molecular complexity index is 747. The van der Waals surface area contributed by atoms with Crippen molar-refractivity contribution in [2.45, 2.75) is 12.5 Å². The quantitative estimate of drug-likeness (QED) is 0.900. The number of amides is 2. The van der Waals surface area contributed by atoms with Crippen LogP contribution in [0.25, 0.3) is 0 Å². The Kier molecular flexibility index (Phi) is 5.28. The van der Waals surface area contributed by atoms with Gasteiger partial charge in [-0.15, -0.1) is 0 Å². The number of amidine groups is 1. The van der Waals surface area contributed by atoms with Gasteiger partial charge in [0.15, 0.2) is 5.17 Å². The maximum atomic E-state index is 12.0. The van der Waals surface area contributed by atoms with Crippen molar-refractivity contribution in [3.63, 3.8) is 0 Å². The fourth-order valence-corrected chi connectivity index (χ4v) is 3.09. The molecule has 122 valence electrons. The lowest BCUT2D eigenvalue weighted by molar-refractivity contribution is -0.120. The maximum absolute atomic E-state index is 12.0. The summed E-state index contributed by atoms with van der Waals surface area (Å²) in [6.07, 6.45) is 0.324. The Labute approximate surface area is 144 Å². The molecular formula is C18H17N3O2S. The van der Waals surface area contributed by atoms with Crippen LogP contribution < -0.4 is 10.6 Å². The molecule has 5 nitrogen and oxygen atoms in total. The zero-order chi connectivity index (χ0) is 16.8. The number of hydrogen-bond acceptors (Lipinski definition) is 4. The van der Waals surface area contributed by atoms with Gasteiger partial charge in [0.2, 0.25) is 11.8 Å². The van der Waals surface area contributed by atoms with Crippen LogP contribution in [0.15, 0.2) is 65.7 Å². The monoisotopic (exact) mass is 339 g/mol. The van der Waals surface area contributed by atoms with E-state index in [1.165, 1.54) is 11.8 Å². The SMILES string of the molecule is O=C1C[C@@H](c2ccccc2)N=C(SCC(=O)Nc2ccccc2)N1. The summed E-state index contributed by atoms with van der Waals surface area (Å²) in [5.74, 6) is -0.0231. The Hall–Kier alpha value is -2.60. The minimum atomic E-state index is -0.195. The van der Waals surface area contributed by atoms with Gasteiger partial charge >= 0.3 is 0 Å². The average Bonchev–Trinajstić information content (AvgIpc) is 2.61. The van der Waals surface area contributed by atoms with Gasteiger partial charge in [-0.25, -0.2) is 0 Å². The maximum Gasteiger partial charge on any atom is 0.234 e. The molecule has 24 heavy (non-hydrogen) atoms. The average molecular weight is 339 g/mol. The second-order valence-electron chi connectivity index (χ2n) is 5.32. The van der Waals surface area contributed by atoms with Crippen molar-refractivity contribution in [3.05, 3.63) is 66.2 Å². The molecule has 0 spiro atoms. The smallest absolute Gasteiger partial charge is 0.234 e. The highest BCUT2D eigenvalue weighted by Gasteiger charge is 2.22. The predicted octanol–water partition coefficient (Wildman–Crippen LogP) is 2.98. The number of carbonyl (C=O) groups excluding carboxylic acids is 2. The van der Waals surface area contributed by atoms with Gasteiger partial charge in [-0.05, 0) is 17.7 Å². The second-order valence-corrected chi connectivity index (χ2v) is 6.28. The second kappa shape index (κ2) is 7.79. The third-order valence-corrected chi connectivity index (χ3v) is 4.37. The highest BCUT2D eigenvalue weighted by Crippen LogP contribution is 2.25. The number of hydrogen-bond donors (Lipinski definition) is 2. The molecule has 3 rings (SSSR count). The molecule has 0 saturated heterocycles. The van der Waals surface area contributed by atoms with Crippen molar-refractivity contribution in [1.82, 2.24) is 5.32 Å². The first-order valence-electron chi connectivity index (χ1n) is 7.61. The van der Waals surface area contributed by atoms with Crippen LogP contribution in [0.5, 0.6) is 0 Å². The lowest BCUT2D eigenvalue weighted by Gasteiger charge is -2.20. The van der Waals surface area contributed by atoms with E-state index in [0.29, 0.717) is 11.6 Å². The van der Waals surface area contributed by atoms with E-state index in [4.69, 9.17) is 0 Å². The Morgan fingerprint density at radius 2 is 1.79 bits per heavy atom. The summed E-state index contributed by atoms with van der Waals surface area (Å²) in [5, 5.41) is 6.03. The first-order valence-corrected chi connectivity index (χ1v) is 8.59. The van der Waals surface area contributed by atoms with Gasteiger partial charge in [0.1, 0.15) is 0 Å². The molecule has 0 saturated carbocycles. The molecule has 2 amide bonds. The molecule has 0 bridgehead atoms. The number of thioether (sulfide) groups is 1. The summed E-state index contributed by atoms with van der Waals surface area (Å²) >= 11 is 1.23. The molecule has 2 N–H and O–H groups in total. The van der Waals surface area contributed by atoms with Crippen LogP contribution in [0, 0.1) is 0 Å². The molecule has 0 aliphatic carbocycles. The number of nitrogens with zero attached hydrogens (tertiary/aromatic N) is 1. The largest absolute Gasteiger partial charge is 0.325 e. The van der Waals surface area contributed by atoms with Crippen LogP contribution in [0.4, 0.5) is 5.69 Å². The van der Waals surface area contributed by atoms with Gasteiger partial charge in [-0.1, -0.05) is 60.3 Å². The van der Waals surface area contributed by atoms with E-state index < -0.39 is 0 Å². The topological polar surface area (TPSA) is 70.6 Å². The predicted molar refractivity (Wildman–Crippen MR) is 96.9 cm³/mol. The van der Waals surface area contributed by atoms with Crippen LogP contribution in [-0.4, -0.2) is 22.7 Å². The van der Waals surface area contributed by atoms with Crippen molar-refractivity contribution in [3.8, 4) is 0 Å². The Balaban J connectivity index is 1.60. The highest BCUT2D eigenvalue weighted by molar-refractivity contribution is 8.14. The number of para-hydroxylation sites is 1. The summed E-state index contributed by atoms with van der Waals surface area (Å²) < 4.78 is 0. The van der Waals surface area contributed by atoms with E-state index in [-0.39, 0.29) is 23.6 Å². The number of anilines is 1. The van der Waals surface area contributed by atoms with E-state index >= 15 is 0 Å². The van der Waals surface area contributed by atoms with Gasteiger partial charge < -0.3 is 10.6 Å². The van der Waals surface area contributed by atoms with Crippen molar-refractivity contribution in [1.29, 1.82) is 0 Å². The summed E-state index contributed by atoms with van der Waals surface area (Å²) in [6, 6.07) is 18.8. The van der Waals surface area contributed by atoms with Gasteiger partial charge in [-0.3, -0.25) is 14.6 Å². The van der Waals surface area contributed by atoms with Crippen molar-refractivity contribution >= 4 is 34.4 Å². The zero-order valence-electron chi connectivity index (χ0n) is 12.9. The molecule has 1 atom stereocenters. The Morgan fingerprint density at radius 3 is 2.50 bits per heavy atom. The number of rotatable bonds is 4. The fraction of sp³-hybridized carbons (Fsp3) is 0.167. The Morgan fingerprint density at radius 1 is 1.12 bits per heavy atom. The number of benzene rings is 2. The lowest BCUT2D eigenvalue weighted by atomic mass is 10.0. The van der Waals surface area contributed by atoms with Crippen molar-refractivity contribution in [2.24, 2.45) is 4.99 Å². The standard InChI is InChI=1S/C18H17N3O2S/c22-16-11-15(13-7-3-1-4-8-13)20-18(21-16)24-12-17(23)19-14-9-5-2-6-10-14/h1-10,15H,11-12H2,(H,19,23)(H,20,21,22)/t15-/m0/s1. The summed E-state index contributed by atoms with van der Waals surface area (Å²) in [6.45, 7) is 0. The van der Waals surface area contributed by atoms with Crippen LogP contribution in [-0.2, 0) is 9.59 Å². The minimum Gasteiger partial charge on any atom is -0.325 e. The van der Waals surface area contributed by atoms with E-state index in [9.17, 15) is 9.59 Å². The molecule has 0 unspecified atom stereocenters. The molecule has 0 radical (unpaired) electrons. The van der Waals surface area contributed by atoms with E-state index in [2.05, 4.69) is 15.6 Å². The minimum absolute atomic E-state index is 0.0789. The fourth-order valence-electron chi connectivity index (χ4n) is 2.36. The van der Waals surface area contributed by atoms with Crippen LogP contribution in [0.1, 0.15) is 18.0 Å². The molecule has 0 fully saturated rings. The first kappa shape index (κ1) is 16.3. The number of nitrogens with one attached hydrogen (secondary N) is 2. The van der Waals surface area contributed by atoms with Crippen molar-refractivity contribution in [2.75, 3.05) is 11.1 Å². The van der Waals surface area contributed by atoms with Crippen molar-refractivity contribution < 1.29 is 9.59 Å². The number of aliphatic imine (C=N–C) groups is 1. The molecule has 6 heteroatoms. The molecule has 1 aliphatic rings. The van der Waals surface area contributed by atoms with Gasteiger partial charge in [0.05, 0.1) is 18.2 Å².